The van der Waals surface area contributed by atoms with E-state index in [4.69, 9.17) is 16.9 Å². The molecule has 1 aromatic rings. The molecule has 1 N–H and O–H groups in total. The Kier molecular flexibility index (Phi) is 3.28. The number of thiophene rings is 1. The van der Waals surface area contributed by atoms with Gasteiger partial charge < -0.3 is 5.11 Å². The number of hydrogen-bond acceptors (Lipinski definition) is 5. The third kappa shape index (κ3) is 2.23. The van der Waals surface area contributed by atoms with Crippen LogP contribution < -0.4 is 0 Å². The molecule has 0 spiro atoms. The fraction of sp³-hybridized carbons (Fsp3) is 0.133. The second-order valence-electron chi connectivity index (χ2n) is 4.70. The molecule has 0 radical (unpaired) electrons. The molecule has 6 heteroatoms. The molecule has 0 saturated carbocycles. The number of aliphatic hydroxyl groups is 1. The Morgan fingerprint density at radius 3 is 3.00 bits per heavy atom. The predicted octanol–water partition coefficient (Wildman–Crippen LogP) is 3.87. The highest BCUT2D eigenvalue weighted by Crippen LogP contribution is 2.36. The normalized spacial score (nSPS) is 17.4. The lowest BCUT2D eigenvalue weighted by atomic mass is 9.90. The van der Waals surface area contributed by atoms with Crippen molar-refractivity contribution in [1.29, 1.82) is 5.26 Å². The van der Waals surface area contributed by atoms with Gasteiger partial charge in [0.2, 0.25) is 0 Å². The topological polar surface area (TPSA) is 73.5 Å². The smallest absolute Gasteiger partial charge is 0.198 e. The number of carbonyl (C=O) groups is 1. The molecule has 1 aromatic heterocycles. The van der Waals surface area contributed by atoms with E-state index in [-0.39, 0.29) is 22.1 Å². The zero-order valence-corrected chi connectivity index (χ0v) is 12.5. The highest BCUT2D eigenvalue weighted by atomic mass is 35.5. The van der Waals surface area contributed by atoms with E-state index in [9.17, 15) is 9.90 Å². The van der Waals surface area contributed by atoms with Crippen LogP contribution >= 0.6 is 22.9 Å². The Morgan fingerprint density at radius 1 is 1.57 bits per heavy atom. The molecule has 0 unspecified atom stereocenters. The van der Waals surface area contributed by atoms with Gasteiger partial charge in [0, 0.05) is 28.6 Å². The van der Waals surface area contributed by atoms with Crippen molar-refractivity contribution in [1.82, 2.24) is 0 Å². The monoisotopic (exact) mass is 316 g/mol. The highest BCUT2D eigenvalue weighted by molar-refractivity contribution is 7.10. The fourth-order valence-electron chi connectivity index (χ4n) is 2.33. The van der Waals surface area contributed by atoms with Gasteiger partial charge in [0.05, 0.1) is 16.3 Å². The molecular weight excluding hydrogens is 308 g/mol. The average molecular weight is 317 g/mol. The van der Waals surface area contributed by atoms with Crippen LogP contribution in [0.5, 0.6) is 0 Å². The molecule has 2 heterocycles. The summed E-state index contributed by atoms with van der Waals surface area (Å²) in [6, 6.07) is 3.51. The summed E-state index contributed by atoms with van der Waals surface area (Å²) in [6.45, 7) is 1.82. The molecule has 0 atom stereocenters. The maximum atomic E-state index is 12.6. The van der Waals surface area contributed by atoms with E-state index in [1.165, 1.54) is 17.4 Å². The molecule has 1 aliphatic heterocycles. The largest absolute Gasteiger partial charge is 0.506 e. The van der Waals surface area contributed by atoms with Crippen LogP contribution in [0.1, 0.15) is 28.6 Å². The van der Waals surface area contributed by atoms with Crippen molar-refractivity contribution in [3.8, 4) is 6.07 Å². The maximum Gasteiger partial charge on any atom is 0.198 e. The minimum absolute atomic E-state index is 0.157. The number of nitrogens with zero attached hydrogens (tertiary/aromatic N) is 2. The molecule has 1 aliphatic carbocycles. The van der Waals surface area contributed by atoms with Crippen molar-refractivity contribution in [2.75, 3.05) is 0 Å². The third-order valence-corrected chi connectivity index (χ3v) is 4.41. The van der Waals surface area contributed by atoms with E-state index < -0.39 is 0 Å². The van der Waals surface area contributed by atoms with Gasteiger partial charge in [-0.25, -0.2) is 0 Å². The summed E-state index contributed by atoms with van der Waals surface area (Å²) in [4.78, 5) is 17.4. The number of ketones is 1. The number of hydrogen-bond donors (Lipinski definition) is 1. The van der Waals surface area contributed by atoms with E-state index in [0.717, 1.165) is 5.70 Å². The first kappa shape index (κ1) is 13.8. The fourth-order valence-corrected chi connectivity index (χ4v) is 3.23. The quantitative estimate of drug-likeness (QED) is 0.842. The molecule has 0 bridgehead atoms. The van der Waals surface area contributed by atoms with Crippen LogP contribution in [0.4, 0.5) is 0 Å². The van der Waals surface area contributed by atoms with Crippen LogP contribution in [0.15, 0.2) is 50.1 Å². The van der Waals surface area contributed by atoms with Crippen LogP contribution in [0.3, 0.4) is 0 Å². The molecule has 0 aromatic carbocycles. The van der Waals surface area contributed by atoms with Crippen LogP contribution in [0, 0.1) is 11.3 Å². The van der Waals surface area contributed by atoms with E-state index in [1.54, 1.807) is 11.5 Å². The predicted molar refractivity (Wildman–Crippen MR) is 81.7 cm³/mol. The number of Topliss-reactive ketones (excluding diaryl/α,β-unsaturated/α-hetero) is 1. The first-order valence-electron chi connectivity index (χ1n) is 6.13. The summed E-state index contributed by atoms with van der Waals surface area (Å²) in [6.07, 6.45) is 2.08. The van der Waals surface area contributed by atoms with Crippen LogP contribution in [0.2, 0.25) is 0 Å². The van der Waals surface area contributed by atoms with Gasteiger partial charge in [0.15, 0.2) is 5.78 Å². The molecule has 104 valence electrons. The van der Waals surface area contributed by atoms with Crippen molar-refractivity contribution in [3.63, 3.8) is 0 Å². The molecule has 4 nitrogen and oxygen atoms in total. The number of nitriles is 1. The molecule has 2 aliphatic rings. The summed E-state index contributed by atoms with van der Waals surface area (Å²) >= 11 is 7.22. The first-order chi connectivity index (χ1) is 10.0. The van der Waals surface area contributed by atoms with Crippen LogP contribution in [0.25, 0.3) is 0 Å². The summed E-state index contributed by atoms with van der Waals surface area (Å²) in [5.41, 5.74) is 2.60. The summed E-state index contributed by atoms with van der Waals surface area (Å²) in [7, 11) is 0. The number of halogens is 1. The van der Waals surface area contributed by atoms with Crippen LogP contribution in [-0.4, -0.2) is 16.6 Å². The summed E-state index contributed by atoms with van der Waals surface area (Å²) in [5, 5.41) is 20.9. The van der Waals surface area contributed by atoms with Crippen molar-refractivity contribution in [3.05, 3.63) is 55.6 Å². The zero-order valence-electron chi connectivity index (χ0n) is 11.0. The average Bonchev–Trinajstić information content (AvgIpc) is 3.05. The lowest BCUT2D eigenvalue weighted by Crippen LogP contribution is -2.17. The van der Waals surface area contributed by atoms with Gasteiger partial charge in [-0.05, 0) is 19.1 Å². The van der Waals surface area contributed by atoms with Crippen molar-refractivity contribution in [2.45, 2.75) is 13.3 Å². The van der Waals surface area contributed by atoms with Gasteiger partial charge >= 0.3 is 0 Å². The van der Waals surface area contributed by atoms with E-state index in [0.29, 0.717) is 28.1 Å². The number of aliphatic imine (C=N–C) groups is 1. The molecule has 0 saturated heterocycles. The van der Waals surface area contributed by atoms with Crippen molar-refractivity contribution < 1.29 is 9.90 Å². The van der Waals surface area contributed by atoms with E-state index >= 15 is 0 Å². The Hall–Kier alpha value is -2.16. The zero-order chi connectivity index (χ0) is 15.1. The molecule has 21 heavy (non-hydrogen) atoms. The lowest BCUT2D eigenvalue weighted by molar-refractivity contribution is 0.103. The Bertz CT molecular complexity index is 834. The maximum absolute atomic E-state index is 12.6. The summed E-state index contributed by atoms with van der Waals surface area (Å²) < 4.78 is 0. The van der Waals surface area contributed by atoms with Gasteiger partial charge in [0.1, 0.15) is 16.7 Å². The van der Waals surface area contributed by atoms with Crippen molar-refractivity contribution >= 4 is 34.4 Å². The van der Waals surface area contributed by atoms with Crippen molar-refractivity contribution in [2.24, 2.45) is 4.99 Å². The third-order valence-electron chi connectivity index (χ3n) is 3.26. The Balaban J connectivity index is 2.14. The number of carbonyl (C=O) groups excluding carboxylic acids is 1. The highest BCUT2D eigenvalue weighted by Gasteiger charge is 2.31. The molecule has 0 fully saturated rings. The minimum Gasteiger partial charge on any atom is -0.506 e. The molecular formula is C15H9ClN2O2S. The second kappa shape index (κ2) is 4.99. The number of aliphatic hydroxyl groups excluding tert-OH is 1. The number of allylic oxidation sites excluding steroid dienone is 5. The van der Waals surface area contributed by atoms with Gasteiger partial charge in [-0.15, -0.1) is 11.3 Å². The minimum atomic E-state index is -0.350. The summed E-state index contributed by atoms with van der Waals surface area (Å²) in [5.74, 6) is -0.553. The second-order valence-corrected chi connectivity index (χ2v) is 6.07. The van der Waals surface area contributed by atoms with Gasteiger partial charge in [-0.1, -0.05) is 11.6 Å². The standard InChI is InChI=1S/C15H9ClN2O2S/c1-7-2-10-12(18-7)4-11(16)15(20)13(10)14(19)8-3-9(5-17)21-6-8/h2-3,6,20H,4H2,1H3. The first-order valence-corrected chi connectivity index (χ1v) is 7.39. The Labute approximate surface area is 130 Å². The van der Waals surface area contributed by atoms with Gasteiger partial charge in [-0.2, -0.15) is 5.26 Å². The number of rotatable bonds is 2. The lowest BCUT2D eigenvalue weighted by Gasteiger charge is -2.17. The molecule has 0 amide bonds. The molecule has 3 rings (SSSR count). The number of fused-ring (bicyclic) bond motifs is 1. The Morgan fingerprint density at radius 2 is 2.33 bits per heavy atom. The van der Waals surface area contributed by atoms with Gasteiger partial charge in [-0.3, -0.25) is 9.79 Å². The van der Waals surface area contributed by atoms with E-state index in [1.807, 2.05) is 13.0 Å². The van der Waals surface area contributed by atoms with E-state index in [2.05, 4.69) is 4.99 Å². The van der Waals surface area contributed by atoms with Crippen LogP contribution in [-0.2, 0) is 0 Å². The SMILES string of the molecule is CC1=CC2=C(C(=O)c3csc(C#N)c3)C(O)=C(Cl)CC2=N1. The van der Waals surface area contributed by atoms with Gasteiger partial charge in [0.25, 0.3) is 0 Å².